The summed E-state index contributed by atoms with van der Waals surface area (Å²) in [6, 6.07) is 28.9. The van der Waals surface area contributed by atoms with Crippen LogP contribution in [0.4, 0.5) is 0 Å². The van der Waals surface area contributed by atoms with Crippen molar-refractivity contribution in [2.75, 3.05) is 0 Å². The van der Waals surface area contributed by atoms with E-state index in [0.717, 1.165) is 6.54 Å². The topological polar surface area (TPSA) is 4.93 Å². The summed E-state index contributed by atoms with van der Waals surface area (Å²) in [6.45, 7) is 9.95. The molecule has 0 N–H and O–H groups in total. The first-order valence-corrected chi connectivity index (χ1v) is 11.4. The van der Waals surface area contributed by atoms with Crippen LogP contribution in [0, 0.1) is 27.7 Å². The molecule has 0 amide bonds. The Balaban J connectivity index is 1.69. The molecule has 32 heavy (non-hydrogen) atoms. The molecule has 0 spiro atoms. The second kappa shape index (κ2) is 6.97. The Labute approximate surface area is 188 Å². The van der Waals surface area contributed by atoms with E-state index in [1.807, 2.05) is 0 Å². The largest absolute Gasteiger partial charge is 0.336 e. The molecule has 5 aromatic carbocycles. The van der Waals surface area contributed by atoms with Crippen molar-refractivity contribution < 1.29 is 0 Å². The fourth-order valence-corrected chi connectivity index (χ4v) is 5.87. The van der Waals surface area contributed by atoms with Gasteiger partial charge in [0.15, 0.2) is 0 Å². The molecule has 156 valence electrons. The van der Waals surface area contributed by atoms with Gasteiger partial charge in [-0.3, -0.25) is 0 Å². The van der Waals surface area contributed by atoms with Crippen LogP contribution in [0.15, 0.2) is 78.9 Å². The number of hydrogen-bond donors (Lipinski definition) is 0. The van der Waals surface area contributed by atoms with Crippen LogP contribution in [0.2, 0.25) is 0 Å². The number of benzene rings is 5. The minimum Gasteiger partial charge on any atom is -0.336 e. The SMILES string of the molecule is Cc1ccc(C)c2c(C)c3c(Cn4c5ccccc5c5ccccc54)cccc3c(C)c12. The molecule has 0 aliphatic rings. The molecule has 0 saturated carbocycles. The summed E-state index contributed by atoms with van der Waals surface area (Å²) in [6.07, 6.45) is 0. The van der Waals surface area contributed by atoms with Gasteiger partial charge in [-0.25, -0.2) is 0 Å². The van der Waals surface area contributed by atoms with Crippen molar-refractivity contribution in [2.45, 2.75) is 34.2 Å². The minimum atomic E-state index is 0.863. The van der Waals surface area contributed by atoms with Crippen LogP contribution in [0.3, 0.4) is 0 Å². The van der Waals surface area contributed by atoms with Gasteiger partial charge in [0.2, 0.25) is 0 Å². The molecule has 0 aliphatic carbocycles. The Hall–Kier alpha value is -3.58. The number of aryl methyl sites for hydroxylation is 4. The van der Waals surface area contributed by atoms with Crippen LogP contribution in [0.25, 0.3) is 43.4 Å². The maximum absolute atomic E-state index is 2.49. The van der Waals surface area contributed by atoms with Crippen LogP contribution >= 0.6 is 0 Å². The van der Waals surface area contributed by atoms with Gasteiger partial charge in [0.25, 0.3) is 0 Å². The lowest BCUT2D eigenvalue weighted by Gasteiger charge is -2.19. The van der Waals surface area contributed by atoms with Crippen LogP contribution in [-0.2, 0) is 6.54 Å². The van der Waals surface area contributed by atoms with E-state index in [9.17, 15) is 0 Å². The van der Waals surface area contributed by atoms with Crippen molar-refractivity contribution in [2.24, 2.45) is 0 Å². The molecular weight excluding hydrogens is 386 g/mol. The summed E-state index contributed by atoms with van der Waals surface area (Å²) < 4.78 is 2.49. The van der Waals surface area contributed by atoms with Crippen molar-refractivity contribution in [1.29, 1.82) is 0 Å². The highest BCUT2D eigenvalue weighted by Gasteiger charge is 2.16. The molecule has 1 nitrogen and oxygen atoms in total. The molecule has 6 rings (SSSR count). The standard InChI is InChI=1S/C31H27N/c1-19-16-17-20(2)30-22(4)31-23(10-9-13-24(31)21(3)29(19)30)18-32-27-14-7-5-11-25(27)26-12-6-8-15-28(26)32/h5-17H,18H2,1-4H3. The maximum atomic E-state index is 2.49. The van der Waals surface area contributed by atoms with Gasteiger partial charge in [-0.05, 0) is 89.2 Å². The highest BCUT2D eigenvalue weighted by Crippen LogP contribution is 2.38. The van der Waals surface area contributed by atoms with Crippen molar-refractivity contribution in [3.8, 4) is 0 Å². The molecule has 1 heteroatoms. The Morgan fingerprint density at radius 2 is 1.03 bits per heavy atom. The van der Waals surface area contributed by atoms with Crippen molar-refractivity contribution in [3.63, 3.8) is 0 Å². The maximum Gasteiger partial charge on any atom is 0.0494 e. The number of aromatic nitrogens is 1. The number of para-hydroxylation sites is 2. The monoisotopic (exact) mass is 413 g/mol. The molecule has 0 fully saturated rings. The Bertz CT molecular complexity index is 1630. The van der Waals surface area contributed by atoms with Crippen LogP contribution in [0.1, 0.15) is 27.8 Å². The Morgan fingerprint density at radius 3 is 1.66 bits per heavy atom. The zero-order chi connectivity index (χ0) is 22.0. The summed E-state index contributed by atoms with van der Waals surface area (Å²) in [5, 5.41) is 8.28. The number of hydrogen-bond acceptors (Lipinski definition) is 0. The number of nitrogens with zero attached hydrogens (tertiary/aromatic N) is 1. The molecule has 0 radical (unpaired) electrons. The first-order valence-electron chi connectivity index (χ1n) is 11.4. The van der Waals surface area contributed by atoms with Gasteiger partial charge in [-0.2, -0.15) is 0 Å². The quantitative estimate of drug-likeness (QED) is 0.251. The van der Waals surface area contributed by atoms with Gasteiger partial charge in [0, 0.05) is 28.4 Å². The second-order valence-corrected chi connectivity index (χ2v) is 9.16. The third-order valence-corrected chi connectivity index (χ3v) is 7.31. The molecule has 1 aromatic heterocycles. The van der Waals surface area contributed by atoms with Gasteiger partial charge >= 0.3 is 0 Å². The van der Waals surface area contributed by atoms with Crippen molar-refractivity contribution in [1.82, 2.24) is 4.57 Å². The van der Waals surface area contributed by atoms with Crippen LogP contribution in [0.5, 0.6) is 0 Å². The summed E-state index contributed by atoms with van der Waals surface area (Å²) >= 11 is 0. The lowest BCUT2D eigenvalue weighted by molar-refractivity contribution is 0.875. The molecule has 0 saturated heterocycles. The highest BCUT2D eigenvalue weighted by molar-refractivity contribution is 6.10. The zero-order valence-corrected chi connectivity index (χ0v) is 19.2. The van der Waals surface area contributed by atoms with E-state index < -0.39 is 0 Å². The molecular formula is C31H27N. The van der Waals surface area contributed by atoms with E-state index in [1.54, 1.807) is 0 Å². The van der Waals surface area contributed by atoms with Gasteiger partial charge in [-0.15, -0.1) is 0 Å². The van der Waals surface area contributed by atoms with Gasteiger partial charge < -0.3 is 4.57 Å². The predicted molar refractivity (Wildman–Crippen MR) is 139 cm³/mol. The fourth-order valence-electron chi connectivity index (χ4n) is 5.87. The smallest absolute Gasteiger partial charge is 0.0494 e. The van der Waals surface area contributed by atoms with Crippen molar-refractivity contribution >= 4 is 43.4 Å². The van der Waals surface area contributed by atoms with E-state index in [4.69, 9.17) is 0 Å². The van der Waals surface area contributed by atoms with E-state index in [0.29, 0.717) is 0 Å². The number of fused-ring (bicyclic) bond motifs is 5. The lowest BCUT2D eigenvalue weighted by Crippen LogP contribution is -2.02. The minimum absolute atomic E-state index is 0.863. The highest BCUT2D eigenvalue weighted by atomic mass is 15.0. The van der Waals surface area contributed by atoms with Crippen molar-refractivity contribution in [3.05, 3.63) is 107 Å². The molecule has 1 heterocycles. The average Bonchev–Trinajstić information content (AvgIpc) is 3.13. The van der Waals surface area contributed by atoms with E-state index >= 15 is 0 Å². The van der Waals surface area contributed by atoms with Gasteiger partial charge in [-0.1, -0.05) is 66.7 Å². The molecule has 0 aliphatic heterocycles. The van der Waals surface area contributed by atoms with E-state index in [-0.39, 0.29) is 0 Å². The summed E-state index contributed by atoms with van der Waals surface area (Å²) in [5.74, 6) is 0. The number of rotatable bonds is 2. The van der Waals surface area contributed by atoms with Crippen LogP contribution < -0.4 is 0 Å². The third-order valence-electron chi connectivity index (χ3n) is 7.31. The molecule has 6 aromatic rings. The predicted octanol–water partition coefficient (Wildman–Crippen LogP) is 8.38. The first-order chi connectivity index (χ1) is 15.6. The zero-order valence-electron chi connectivity index (χ0n) is 19.2. The van der Waals surface area contributed by atoms with Gasteiger partial charge in [0.1, 0.15) is 0 Å². The Kier molecular flexibility index (Phi) is 4.16. The Morgan fingerprint density at radius 1 is 0.500 bits per heavy atom. The normalized spacial score (nSPS) is 11.9. The van der Waals surface area contributed by atoms with Crippen LogP contribution in [-0.4, -0.2) is 4.57 Å². The second-order valence-electron chi connectivity index (χ2n) is 9.16. The first kappa shape index (κ1) is 19.1. The average molecular weight is 414 g/mol. The summed E-state index contributed by atoms with van der Waals surface area (Å²) in [4.78, 5) is 0. The van der Waals surface area contributed by atoms with E-state index in [1.165, 1.54) is 71.2 Å². The third kappa shape index (κ3) is 2.58. The summed E-state index contributed by atoms with van der Waals surface area (Å²) in [7, 11) is 0. The van der Waals surface area contributed by atoms with E-state index in [2.05, 4.69) is 111 Å². The summed E-state index contributed by atoms with van der Waals surface area (Å²) in [5.41, 5.74) is 9.50. The molecule has 0 bridgehead atoms. The lowest BCUT2D eigenvalue weighted by atomic mass is 9.87. The van der Waals surface area contributed by atoms with Gasteiger partial charge in [0.05, 0.1) is 0 Å². The molecule has 0 atom stereocenters. The fraction of sp³-hybridized carbons (Fsp3) is 0.161. The molecule has 0 unspecified atom stereocenters.